The van der Waals surface area contributed by atoms with E-state index in [1.807, 2.05) is 0 Å². The van der Waals surface area contributed by atoms with Crippen molar-refractivity contribution in [3.8, 4) is 11.8 Å². The molecule has 0 N–H and O–H groups in total. The summed E-state index contributed by atoms with van der Waals surface area (Å²) in [5, 5.41) is 0. The highest BCUT2D eigenvalue weighted by Gasteiger charge is 2.47. The molecule has 0 amide bonds. The molecule has 2 aliphatic carbocycles. The molecule has 0 aromatic carbocycles. The van der Waals surface area contributed by atoms with Crippen LogP contribution in [0, 0.1) is 35.0 Å². The van der Waals surface area contributed by atoms with E-state index >= 15 is 0 Å². The van der Waals surface area contributed by atoms with Gasteiger partial charge in [0.1, 0.15) is 0 Å². The van der Waals surface area contributed by atoms with Crippen LogP contribution in [0.1, 0.15) is 71.6 Å². The molecule has 0 bridgehead atoms. The second kappa shape index (κ2) is 6.65. The molecule has 1 unspecified atom stereocenters. The Morgan fingerprint density at radius 2 is 1.84 bits per heavy atom. The number of rotatable bonds is 4. The van der Waals surface area contributed by atoms with Crippen molar-refractivity contribution < 1.29 is 0 Å². The fraction of sp³-hybridized carbons (Fsp3) is 0.789. The normalized spacial score (nSPS) is 33.9. The van der Waals surface area contributed by atoms with Crippen LogP contribution >= 0.6 is 0 Å². The van der Waals surface area contributed by atoms with Crippen LogP contribution in [-0.2, 0) is 0 Å². The number of hydrogen-bond donors (Lipinski definition) is 0. The van der Waals surface area contributed by atoms with Crippen LogP contribution in [-0.4, -0.2) is 0 Å². The molecule has 2 rings (SSSR count). The summed E-state index contributed by atoms with van der Waals surface area (Å²) in [5.74, 6) is 9.27. The molecule has 106 valence electrons. The molecule has 0 saturated heterocycles. The lowest BCUT2D eigenvalue weighted by Crippen LogP contribution is -2.40. The van der Waals surface area contributed by atoms with Gasteiger partial charge in [0.15, 0.2) is 0 Å². The second-order valence-electron chi connectivity index (χ2n) is 6.61. The van der Waals surface area contributed by atoms with Gasteiger partial charge in [0.05, 0.1) is 0 Å². The molecule has 0 aromatic rings. The van der Waals surface area contributed by atoms with Crippen molar-refractivity contribution in [1.29, 1.82) is 0 Å². The largest absolute Gasteiger partial charge is 0.103 e. The predicted molar refractivity (Wildman–Crippen MR) is 83.8 cm³/mol. The second-order valence-corrected chi connectivity index (χ2v) is 6.61. The first-order valence-corrected chi connectivity index (χ1v) is 8.38. The van der Waals surface area contributed by atoms with E-state index in [9.17, 15) is 0 Å². The molecule has 19 heavy (non-hydrogen) atoms. The zero-order chi connectivity index (χ0) is 13.7. The minimum atomic E-state index is 0.244. The Labute approximate surface area is 120 Å². The number of hydrogen-bond acceptors (Lipinski definition) is 0. The van der Waals surface area contributed by atoms with Gasteiger partial charge < -0.3 is 0 Å². The monoisotopic (exact) mass is 258 g/mol. The Hall–Kier alpha value is -0.700. The van der Waals surface area contributed by atoms with Crippen molar-refractivity contribution in [2.45, 2.75) is 71.6 Å². The molecule has 0 aromatic heterocycles. The summed E-state index contributed by atoms with van der Waals surface area (Å²) in [6, 6.07) is 0. The maximum Gasteiger partial charge on any atom is 0.0439 e. The Morgan fingerprint density at radius 3 is 2.42 bits per heavy atom. The van der Waals surface area contributed by atoms with Crippen LogP contribution in [0.25, 0.3) is 0 Å². The van der Waals surface area contributed by atoms with Gasteiger partial charge in [-0.2, -0.15) is 0 Å². The third-order valence-electron chi connectivity index (χ3n) is 5.71. The minimum absolute atomic E-state index is 0.244. The highest BCUT2D eigenvalue weighted by atomic mass is 14.5. The summed E-state index contributed by atoms with van der Waals surface area (Å²) in [7, 11) is 0. The molecule has 0 aliphatic heterocycles. The average Bonchev–Trinajstić information content (AvgIpc) is 2.82. The van der Waals surface area contributed by atoms with Crippen molar-refractivity contribution in [2.75, 3.05) is 0 Å². The van der Waals surface area contributed by atoms with Gasteiger partial charge in [0.25, 0.3) is 0 Å². The first kappa shape index (κ1) is 14.7. The third-order valence-corrected chi connectivity index (χ3v) is 5.71. The third kappa shape index (κ3) is 2.76. The van der Waals surface area contributed by atoms with E-state index in [-0.39, 0.29) is 5.41 Å². The summed E-state index contributed by atoms with van der Waals surface area (Å²) in [5.41, 5.74) is 0.244. The van der Waals surface area contributed by atoms with Gasteiger partial charge in [-0.25, -0.2) is 0 Å². The smallest absolute Gasteiger partial charge is 0.0439 e. The standard InChI is InChI=1S/C19H30/c1-4-16(3)19(15-11-14-17(19)5-2)18-12-9-7-6-8-10-13-18/h4,16-18H,1,5-10,12-14H2,2-3H3/t16?,17-,19+/m0/s1. The van der Waals surface area contributed by atoms with Gasteiger partial charge in [0.2, 0.25) is 0 Å². The van der Waals surface area contributed by atoms with Crippen molar-refractivity contribution in [3.63, 3.8) is 0 Å². The van der Waals surface area contributed by atoms with Crippen molar-refractivity contribution in [1.82, 2.24) is 0 Å². The van der Waals surface area contributed by atoms with Gasteiger partial charge in [-0.15, -0.1) is 12.5 Å². The van der Waals surface area contributed by atoms with E-state index in [0.717, 1.165) is 18.3 Å². The quantitative estimate of drug-likeness (QED) is 0.455. The molecule has 0 nitrogen and oxygen atoms in total. The van der Waals surface area contributed by atoms with E-state index in [4.69, 9.17) is 0 Å². The molecule has 1 saturated carbocycles. The minimum Gasteiger partial charge on any atom is -0.103 e. The zero-order valence-corrected chi connectivity index (χ0v) is 12.9. The maximum atomic E-state index is 4.09. The first-order valence-electron chi connectivity index (χ1n) is 8.38. The molecule has 0 radical (unpaired) electrons. The fourth-order valence-electron chi connectivity index (χ4n) is 4.50. The average molecular weight is 258 g/mol. The van der Waals surface area contributed by atoms with E-state index in [1.165, 1.54) is 51.4 Å². The van der Waals surface area contributed by atoms with Gasteiger partial charge in [0, 0.05) is 11.8 Å². The van der Waals surface area contributed by atoms with Crippen LogP contribution < -0.4 is 0 Å². The summed E-state index contributed by atoms with van der Waals surface area (Å²) in [6.45, 7) is 8.78. The SMILES string of the molecule is C=CC(C)[C@]1(C2CCCCCCC2)C#CC[C@@H]1CC. The lowest BCUT2D eigenvalue weighted by Gasteiger charge is -2.44. The maximum absolute atomic E-state index is 4.09. The van der Waals surface area contributed by atoms with Gasteiger partial charge in [-0.3, -0.25) is 0 Å². The van der Waals surface area contributed by atoms with Gasteiger partial charge in [-0.1, -0.05) is 64.4 Å². The topological polar surface area (TPSA) is 0 Å². The molecule has 0 heterocycles. The van der Waals surface area contributed by atoms with Crippen molar-refractivity contribution >= 4 is 0 Å². The van der Waals surface area contributed by atoms with Gasteiger partial charge in [-0.05, 0) is 30.6 Å². The van der Waals surface area contributed by atoms with Crippen LogP contribution in [0.4, 0.5) is 0 Å². The van der Waals surface area contributed by atoms with Crippen molar-refractivity contribution in [2.24, 2.45) is 23.2 Å². The van der Waals surface area contributed by atoms with Crippen LogP contribution in [0.15, 0.2) is 12.7 Å². The lowest BCUT2D eigenvalue weighted by atomic mass is 9.58. The summed E-state index contributed by atoms with van der Waals surface area (Å²) in [4.78, 5) is 0. The lowest BCUT2D eigenvalue weighted by molar-refractivity contribution is 0.0814. The van der Waals surface area contributed by atoms with Crippen LogP contribution in [0.5, 0.6) is 0 Å². The fourth-order valence-corrected chi connectivity index (χ4v) is 4.50. The van der Waals surface area contributed by atoms with E-state index in [1.54, 1.807) is 0 Å². The molecule has 0 spiro atoms. The first-order chi connectivity index (χ1) is 9.25. The Kier molecular flexibility index (Phi) is 5.14. The molecule has 1 fully saturated rings. The number of allylic oxidation sites excluding steroid dienone is 1. The van der Waals surface area contributed by atoms with Crippen LogP contribution in [0.3, 0.4) is 0 Å². The van der Waals surface area contributed by atoms with Crippen molar-refractivity contribution in [3.05, 3.63) is 12.7 Å². The Balaban J connectivity index is 2.26. The van der Waals surface area contributed by atoms with E-state index < -0.39 is 0 Å². The predicted octanol–water partition coefficient (Wildman–Crippen LogP) is 5.59. The zero-order valence-electron chi connectivity index (χ0n) is 12.9. The van der Waals surface area contributed by atoms with Crippen LogP contribution in [0.2, 0.25) is 0 Å². The van der Waals surface area contributed by atoms with E-state index in [0.29, 0.717) is 5.92 Å². The van der Waals surface area contributed by atoms with Gasteiger partial charge >= 0.3 is 0 Å². The molecule has 2 aliphatic rings. The summed E-state index contributed by atoms with van der Waals surface area (Å²) in [6.07, 6.45) is 14.5. The molecule has 0 heteroatoms. The Bertz CT molecular complexity index is 348. The Morgan fingerprint density at radius 1 is 1.21 bits per heavy atom. The summed E-state index contributed by atoms with van der Waals surface area (Å²) >= 11 is 0. The highest BCUT2D eigenvalue weighted by Crippen LogP contribution is 2.52. The molecular weight excluding hydrogens is 228 g/mol. The molecular formula is C19H30. The highest BCUT2D eigenvalue weighted by molar-refractivity contribution is 5.26. The molecule has 3 atom stereocenters. The summed E-state index contributed by atoms with van der Waals surface area (Å²) < 4.78 is 0. The van der Waals surface area contributed by atoms with E-state index in [2.05, 4.69) is 38.3 Å².